The zero-order chi connectivity index (χ0) is 13.0. The first-order valence-electron chi connectivity index (χ1n) is 6.80. The summed E-state index contributed by atoms with van der Waals surface area (Å²) in [7, 11) is 0. The van der Waals surface area contributed by atoms with Crippen molar-refractivity contribution in [3.8, 4) is 0 Å². The summed E-state index contributed by atoms with van der Waals surface area (Å²) in [6.45, 7) is 1.28. The van der Waals surface area contributed by atoms with Crippen LogP contribution in [-0.4, -0.2) is 36.2 Å². The van der Waals surface area contributed by atoms with E-state index in [9.17, 15) is 9.59 Å². The summed E-state index contributed by atoms with van der Waals surface area (Å²) >= 11 is 0. The maximum Gasteiger partial charge on any atom is 0.307 e. The number of ether oxygens (including phenoxy) is 1. The lowest BCUT2D eigenvalue weighted by molar-refractivity contribution is -0.149. The van der Waals surface area contributed by atoms with Crippen LogP contribution in [0.4, 0.5) is 0 Å². The molecule has 0 aromatic rings. The summed E-state index contributed by atoms with van der Waals surface area (Å²) in [6.07, 6.45) is 5.30. The third kappa shape index (κ3) is 3.22. The molecule has 18 heavy (non-hydrogen) atoms. The fourth-order valence-corrected chi connectivity index (χ4v) is 2.89. The van der Waals surface area contributed by atoms with Crippen LogP contribution in [0, 0.1) is 11.8 Å². The van der Waals surface area contributed by atoms with Crippen molar-refractivity contribution in [1.82, 2.24) is 5.32 Å². The lowest BCUT2D eigenvalue weighted by Gasteiger charge is -2.27. The molecule has 2 N–H and O–H groups in total. The summed E-state index contributed by atoms with van der Waals surface area (Å²) in [5, 5.41) is 12.0. The Hall–Kier alpha value is -1.10. The normalized spacial score (nSPS) is 32.1. The van der Waals surface area contributed by atoms with Gasteiger partial charge in [0.15, 0.2) is 0 Å². The first-order chi connectivity index (χ1) is 8.68. The molecule has 0 spiro atoms. The van der Waals surface area contributed by atoms with E-state index >= 15 is 0 Å². The average Bonchev–Trinajstić information content (AvgIpc) is 2.89. The molecule has 5 heteroatoms. The van der Waals surface area contributed by atoms with Gasteiger partial charge < -0.3 is 15.2 Å². The highest BCUT2D eigenvalue weighted by molar-refractivity contribution is 5.84. The van der Waals surface area contributed by atoms with Gasteiger partial charge in [0.1, 0.15) is 0 Å². The number of carbonyl (C=O) groups is 2. The number of rotatable bonds is 4. The first kappa shape index (κ1) is 13.3. The molecule has 2 fully saturated rings. The van der Waals surface area contributed by atoms with Crippen molar-refractivity contribution in [2.75, 3.05) is 13.2 Å². The molecule has 3 atom stereocenters. The Bertz CT molecular complexity index is 312. The minimum Gasteiger partial charge on any atom is -0.481 e. The Morgan fingerprint density at radius 3 is 2.44 bits per heavy atom. The lowest BCUT2D eigenvalue weighted by Crippen LogP contribution is -2.42. The number of aliphatic carboxylic acids is 1. The molecule has 0 aromatic heterocycles. The van der Waals surface area contributed by atoms with E-state index in [-0.39, 0.29) is 17.9 Å². The van der Waals surface area contributed by atoms with Gasteiger partial charge in [-0.25, -0.2) is 0 Å². The number of nitrogens with one attached hydrogen (secondary N) is 1. The van der Waals surface area contributed by atoms with Gasteiger partial charge in [-0.1, -0.05) is 12.8 Å². The Morgan fingerprint density at radius 2 is 1.83 bits per heavy atom. The van der Waals surface area contributed by atoms with Crippen LogP contribution in [0.3, 0.4) is 0 Å². The van der Waals surface area contributed by atoms with Crippen LogP contribution in [0.25, 0.3) is 0 Å². The van der Waals surface area contributed by atoms with Gasteiger partial charge in [0.05, 0.1) is 17.9 Å². The molecule has 1 aliphatic carbocycles. The number of amides is 1. The summed E-state index contributed by atoms with van der Waals surface area (Å²) < 4.78 is 5.43. The number of hydrogen-bond donors (Lipinski definition) is 2. The van der Waals surface area contributed by atoms with E-state index in [0.29, 0.717) is 19.4 Å². The van der Waals surface area contributed by atoms with Gasteiger partial charge in [0.2, 0.25) is 5.91 Å². The van der Waals surface area contributed by atoms with Gasteiger partial charge in [-0.05, 0) is 25.7 Å². The van der Waals surface area contributed by atoms with Crippen LogP contribution in [-0.2, 0) is 14.3 Å². The first-order valence-corrected chi connectivity index (χ1v) is 6.80. The van der Waals surface area contributed by atoms with Crippen molar-refractivity contribution in [3.05, 3.63) is 0 Å². The summed E-state index contributed by atoms with van der Waals surface area (Å²) in [6, 6.07) is 0. The van der Waals surface area contributed by atoms with E-state index in [0.717, 1.165) is 32.3 Å². The smallest absolute Gasteiger partial charge is 0.307 e. The molecule has 1 saturated carbocycles. The number of carboxylic acids is 1. The molecule has 1 heterocycles. The summed E-state index contributed by atoms with van der Waals surface area (Å²) in [5.74, 6) is -1.83. The van der Waals surface area contributed by atoms with E-state index in [1.54, 1.807) is 0 Å². The molecule has 0 unspecified atom stereocenters. The molecule has 2 rings (SSSR count). The van der Waals surface area contributed by atoms with Crippen molar-refractivity contribution >= 4 is 11.9 Å². The SMILES string of the molecule is O=C(O)[C@H]1CCCC[C@@H]1C(=O)NC[C@@H]1CCCO1. The standard InChI is InChI=1S/C13H21NO4/c15-12(14-8-9-4-3-7-18-9)10-5-1-2-6-11(10)13(16)17/h9-11H,1-8H2,(H,14,15)(H,16,17)/t9-,10-,11-/m0/s1. The molecule has 5 nitrogen and oxygen atoms in total. The van der Waals surface area contributed by atoms with Crippen LogP contribution in [0.5, 0.6) is 0 Å². The fraction of sp³-hybridized carbons (Fsp3) is 0.846. The van der Waals surface area contributed by atoms with Gasteiger partial charge in [-0.2, -0.15) is 0 Å². The van der Waals surface area contributed by atoms with E-state index in [1.165, 1.54) is 0 Å². The second kappa shape index (κ2) is 6.18. The largest absolute Gasteiger partial charge is 0.481 e. The van der Waals surface area contributed by atoms with Crippen molar-refractivity contribution in [3.63, 3.8) is 0 Å². The number of hydrogen-bond acceptors (Lipinski definition) is 3. The van der Waals surface area contributed by atoms with Crippen molar-refractivity contribution in [1.29, 1.82) is 0 Å². The minimum atomic E-state index is -0.841. The van der Waals surface area contributed by atoms with E-state index < -0.39 is 11.9 Å². The highest BCUT2D eigenvalue weighted by Gasteiger charge is 2.35. The van der Waals surface area contributed by atoms with Gasteiger partial charge in [-0.3, -0.25) is 9.59 Å². The predicted molar refractivity (Wildman–Crippen MR) is 65.1 cm³/mol. The van der Waals surface area contributed by atoms with Crippen LogP contribution in [0.15, 0.2) is 0 Å². The zero-order valence-electron chi connectivity index (χ0n) is 10.6. The maximum atomic E-state index is 12.0. The average molecular weight is 255 g/mol. The van der Waals surface area contributed by atoms with Crippen LogP contribution >= 0.6 is 0 Å². The van der Waals surface area contributed by atoms with Crippen molar-refractivity contribution < 1.29 is 19.4 Å². The highest BCUT2D eigenvalue weighted by Crippen LogP contribution is 2.30. The predicted octanol–water partition coefficient (Wildman–Crippen LogP) is 1.17. The van der Waals surface area contributed by atoms with Crippen molar-refractivity contribution in [2.45, 2.75) is 44.6 Å². The highest BCUT2D eigenvalue weighted by atomic mass is 16.5. The molecule has 1 saturated heterocycles. The van der Waals surface area contributed by atoms with Gasteiger partial charge >= 0.3 is 5.97 Å². The summed E-state index contributed by atoms with van der Waals surface area (Å²) in [4.78, 5) is 23.2. The summed E-state index contributed by atoms with van der Waals surface area (Å²) in [5.41, 5.74) is 0. The lowest BCUT2D eigenvalue weighted by atomic mass is 9.78. The Balaban J connectivity index is 1.83. The third-order valence-corrected chi connectivity index (χ3v) is 3.95. The second-order valence-corrected chi connectivity index (χ2v) is 5.22. The van der Waals surface area contributed by atoms with E-state index in [2.05, 4.69) is 5.32 Å². The number of carboxylic acid groups (broad SMARTS) is 1. The van der Waals surface area contributed by atoms with Crippen molar-refractivity contribution in [2.24, 2.45) is 11.8 Å². The van der Waals surface area contributed by atoms with Gasteiger partial charge in [0, 0.05) is 13.2 Å². The quantitative estimate of drug-likeness (QED) is 0.790. The molecule has 1 aliphatic heterocycles. The molecule has 0 bridgehead atoms. The number of carbonyl (C=O) groups excluding carboxylic acids is 1. The minimum absolute atomic E-state index is 0.112. The fourth-order valence-electron chi connectivity index (χ4n) is 2.89. The molecule has 1 amide bonds. The topological polar surface area (TPSA) is 75.6 Å². The molecule has 0 radical (unpaired) electrons. The monoisotopic (exact) mass is 255 g/mol. The molecular weight excluding hydrogens is 234 g/mol. The molecule has 0 aromatic carbocycles. The molecule has 102 valence electrons. The van der Waals surface area contributed by atoms with Crippen LogP contribution in [0.1, 0.15) is 38.5 Å². The molecular formula is C13H21NO4. The van der Waals surface area contributed by atoms with Crippen LogP contribution in [0.2, 0.25) is 0 Å². The third-order valence-electron chi connectivity index (χ3n) is 3.95. The van der Waals surface area contributed by atoms with E-state index in [1.807, 2.05) is 0 Å². The van der Waals surface area contributed by atoms with Crippen LogP contribution < -0.4 is 5.32 Å². The zero-order valence-corrected chi connectivity index (χ0v) is 10.6. The second-order valence-electron chi connectivity index (χ2n) is 5.22. The Labute approximate surface area is 107 Å². The van der Waals surface area contributed by atoms with E-state index in [4.69, 9.17) is 9.84 Å². The van der Waals surface area contributed by atoms with Gasteiger partial charge in [-0.15, -0.1) is 0 Å². The Kier molecular flexibility index (Phi) is 4.58. The van der Waals surface area contributed by atoms with Gasteiger partial charge in [0.25, 0.3) is 0 Å². The Morgan fingerprint density at radius 1 is 1.11 bits per heavy atom. The molecule has 2 aliphatic rings. The maximum absolute atomic E-state index is 12.0.